The molecule has 0 bridgehead atoms. The third-order valence-electron chi connectivity index (χ3n) is 3.37. The van der Waals surface area contributed by atoms with Gasteiger partial charge in [-0.05, 0) is 31.6 Å². The lowest BCUT2D eigenvalue weighted by molar-refractivity contribution is 0.305. The number of hydrogen-bond acceptors (Lipinski definition) is 4. The highest BCUT2D eigenvalue weighted by molar-refractivity contribution is 7.99. The van der Waals surface area contributed by atoms with E-state index in [1.165, 1.54) is 25.0 Å². The average molecular weight is 259 g/mol. The number of hydrogen-bond donors (Lipinski definition) is 3. The monoisotopic (exact) mass is 259 g/mol. The Bertz CT molecular complexity index is 250. The fraction of sp³-hybridized carbons (Fsp3) is 0.917. The maximum atomic E-state index is 8.67. The molecule has 4 N–H and O–H groups in total. The van der Waals surface area contributed by atoms with Crippen LogP contribution in [-0.2, 0) is 0 Å². The maximum absolute atomic E-state index is 8.67. The van der Waals surface area contributed by atoms with Crippen LogP contribution in [0, 0.1) is 5.41 Å². The quantitative estimate of drug-likeness (QED) is 0.224. The molecule has 100 valence electrons. The van der Waals surface area contributed by atoms with Crippen LogP contribution in [0.15, 0.2) is 5.16 Å². The summed E-state index contributed by atoms with van der Waals surface area (Å²) < 4.78 is 0. The third kappa shape index (κ3) is 5.17. The fourth-order valence-electron chi connectivity index (χ4n) is 1.90. The predicted molar refractivity (Wildman–Crippen MR) is 74.8 cm³/mol. The van der Waals surface area contributed by atoms with Gasteiger partial charge in [0.2, 0.25) is 0 Å². The second-order valence-corrected chi connectivity index (χ2v) is 6.72. The van der Waals surface area contributed by atoms with Gasteiger partial charge in [-0.3, -0.25) is 0 Å². The van der Waals surface area contributed by atoms with E-state index in [0.29, 0.717) is 5.84 Å². The summed E-state index contributed by atoms with van der Waals surface area (Å²) in [6.07, 6.45) is 4.97. The molecule has 0 aromatic heterocycles. The highest BCUT2D eigenvalue weighted by Crippen LogP contribution is 2.24. The van der Waals surface area contributed by atoms with Gasteiger partial charge in [0.05, 0.1) is 0 Å². The number of amidine groups is 1. The number of nitrogens with zero attached hydrogens (tertiary/aromatic N) is 1. The highest BCUT2D eigenvalue weighted by atomic mass is 32.2. The molecule has 0 saturated carbocycles. The summed E-state index contributed by atoms with van der Waals surface area (Å²) in [6, 6.07) is 0. The fourth-order valence-corrected chi connectivity index (χ4v) is 3.17. The zero-order valence-electron chi connectivity index (χ0n) is 10.9. The number of thioether (sulfide) groups is 1. The number of nitrogens with two attached hydrogens (primary N) is 1. The van der Waals surface area contributed by atoms with E-state index in [9.17, 15) is 0 Å². The van der Waals surface area contributed by atoms with Gasteiger partial charge in [0.15, 0.2) is 0 Å². The molecule has 1 aliphatic heterocycles. The molecule has 1 heterocycles. The van der Waals surface area contributed by atoms with Gasteiger partial charge in [0.1, 0.15) is 5.84 Å². The molecule has 0 radical (unpaired) electrons. The SMILES string of the molecule is CC(C)(CCNCC1CCCCS1)C(N)=NO. The molecule has 0 spiro atoms. The van der Waals surface area contributed by atoms with Crippen LogP contribution < -0.4 is 11.1 Å². The van der Waals surface area contributed by atoms with Crippen LogP contribution in [0.4, 0.5) is 0 Å². The first-order chi connectivity index (χ1) is 8.06. The Morgan fingerprint density at radius 1 is 1.53 bits per heavy atom. The molecule has 1 saturated heterocycles. The van der Waals surface area contributed by atoms with Gasteiger partial charge in [0.25, 0.3) is 0 Å². The number of nitrogens with one attached hydrogen (secondary N) is 1. The van der Waals surface area contributed by atoms with E-state index in [1.54, 1.807) is 0 Å². The van der Waals surface area contributed by atoms with E-state index >= 15 is 0 Å². The second kappa shape index (κ2) is 7.11. The van der Waals surface area contributed by atoms with Gasteiger partial charge in [-0.15, -0.1) is 0 Å². The molecule has 5 heteroatoms. The van der Waals surface area contributed by atoms with Crippen molar-refractivity contribution >= 4 is 17.6 Å². The lowest BCUT2D eigenvalue weighted by Crippen LogP contribution is -2.36. The van der Waals surface area contributed by atoms with Crippen molar-refractivity contribution in [2.45, 2.75) is 44.8 Å². The van der Waals surface area contributed by atoms with Crippen LogP contribution in [0.2, 0.25) is 0 Å². The van der Waals surface area contributed by atoms with E-state index in [0.717, 1.165) is 24.8 Å². The van der Waals surface area contributed by atoms with Crippen molar-refractivity contribution in [2.75, 3.05) is 18.8 Å². The summed E-state index contributed by atoms with van der Waals surface area (Å²) >= 11 is 2.08. The zero-order chi connectivity index (χ0) is 12.7. The number of rotatable bonds is 6. The van der Waals surface area contributed by atoms with Gasteiger partial charge in [-0.25, -0.2) is 0 Å². The van der Waals surface area contributed by atoms with Crippen LogP contribution >= 0.6 is 11.8 Å². The van der Waals surface area contributed by atoms with Crippen molar-refractivity contribution in [1.29, 1.82) is 0 Å². The van der Waals surface area contributed by atoms with Gasteiger partial charge in [0, 0.05) is 17.2 Å². The molecule has 1 fully saturated rings. The summed E-state index contributed by atoms with van der Waals surface area (Å²) in [5.41, 5.74) is 5.41. The normalized spacial score (nSPS) is 22.7. The second-order valence-electron chi connectivity index (χ2n) is 5.31. The predicted octanol–water partition coefficient (Wildman–Crippen LogP) is 2.02. The van der Waals surface area contributed by atoms with Crippen LogP contribution in [0.3, 0.4) is 0 Å². The summed E-state index contributed by atoms with van der Waals surface area (Å²) in [5, 5.41) is 16.0. The Hall–Kier alpha value is -0.420. The van der Waals surface area contributed by atoms with Crippen molar-refractivity contribution in [2.24, 2.45) is 16.3 Å². The molecule has 1 aliphatic rings. The van der Waals surface area contributed by atoms with E-state index in [-0.39, 0.29) is 5.41 Å². The zero-order valence-corrected chi connectivity index (χ0v) is 11.7. The number of oxime groups is 1. The van der Waals surface area contributed by atoms with Crippen molar-refractivity contribution in [3.8, 4) is 0 Å². The minimum atomic E-state index is -0.235. The minimum Gasteiger partial charge on any atom is -0.409 e. The molecule has 1 rings (SSSR count). The van der Waals surface area contributed by atoms with Crippen LogP contribution in [0.5, 0.6) is 0 Å². The highest BCUT2D eigenvalue weighted by Gasteiger charge is 2.23. The lowest BCUT2D eigenvalue weighted by atomic mass is 9.88. The molecule has 17 heavy (non-hydrogen) atoms. The lowest BCUT2D eigenvalue weighted by Gasteiger charge is -2.25. The Morgan fingerprint density at radius 3 is 2.88 bits per heavy atom. The van der Waals surface area contributed by atoms with E-state index in [2.05, 4.69) is 22.2 Å². The Kier molecular flexibility index (Phi) is 6.12. The summed E-state index contributed by atoms with van der Waals surface area (Å²) in [6.45, 7) is 6.00. The largest absolute Gasteiger partial charge is 0.409 e. The summed E-state index contributed by atoms with van der Waals surface area (Å²) in [7, 11) is 0. The third-order valence-corrected chi connectivity index (χ3v) is 4.77. The van der Waals surface area contributed by atoms with Crippen molar-refractivity contribution < 1.29 is 5.21 Å². The van der Waals surface area contributed by atoms with Crippen LogP contribution in [0.25, 0.3) is 0 Å². The van der Waals surface area contributed by atoms with Crippen LogP contribution in [0.1, 0.15) is 39.5 Å². The van der Waals surface area contributed by atoms with E-state index in [1.807, 2.05) is 13.8 Å². The average Bonchev–Trinajstić information content (AvgIpc) is 2.35. The topological polar surface area (TPSA) is 70.6 Å². The van der Waals surface area contributed by atoms with Crippen molar-refractivity contribution in [3.05, 3.63) is 0 Å². The molecule has 0 aromatic rings. The standard InChI is InChI=1S/C12H25N3OS/c1-12(2,11(13)15-16)6-7-14-9-10-5-3-4-8-17-10/h10,14,16H,3-9H2,1-2H3,(H2,13,15). The van der Waals surface area contributed by atoms with Crippen molar-refractivity contribution in [3.63, 3.8) is 0 Å². The Morgan fingerprint density at radius 2 is 2.29 bits per heavy atom. The van der Waals surface area contributed by atoms with Gasteiger partial charge in [-0.1, -0.05) is 25.4 Å². The minimum absolute atomic E-state index is 0.235. The molecular formula is C12H25N3OS. The molecule has 0 amide bonds. The Balaban J connectivity index is 2.14. The maximum Gasteiger partial charge on any atom is 0.144 e. The first-order valence-corrected chi connectivity index (χ1v) is 7.41. The summed E-state index contributed by atoms with van der Waals surface area (Å²) in [5.74, 6) is 1.62. The molecule has 1 unspecified atom stereocenters. The molecular weight excluding hydrogens is 234 g/mol. The summed E-state index contributed by atoms with van der Waals surface area (Å²) in [4.78, 5) is 0. The van der Waals surface area contributed by atoms with Gasteiger partial charge < -0.3 is 16.3 Å². The van der Waals surface area contributed by atoms with Gasteiger partial charge >= 0.3 is 0 Å². The van der Waals surface area contributed by atoms with Crippen molar-refractivity contribution in [1.82, 2.24) is 5.32 Å². The Labute approximate surface area is 108 Å². The van der Waals surface area contributed by atoms with Crippen LogP contribution in [-0.4, -0.2) is 35.1 Å². The van der Waals surface area contributed by atoms with E-state index < -0.39 is 0 Å². The molecule has 1 atom stereocenters. The molecule has 0 aliphatic carbocycles. The smallest absolute Gasteiger partial charge is 0.144 e. The molecule has 0 aromatic carbocycles. The molecule has 4 nitrogen and oxygen atoms in total. The van der Waals surface area contributed by atoms with E-state index in [4.69, 9.17) is 10.9 Å². The first-order valence-electron chi connectivity index (χ1n) is 6.36. The first kappa shape index (κ1) is 14.6. The van der Waals surface area contributed by atoms with Gasteiger partial charge in [-0.2, -0.15) is 11.8 Å².